The van der Waals surface area contributed by atoms with E-state index >= 15 is 0 Å². The van der Waals surface area contributed by atoms with Crippen molar-refractivity contribution in [3.05, 3.63) is 58.6 Å². The second-order valence-electron chi connectivity index (χ2n) is 5.80. The average molecular weight is 423 g/mol. The highest BCUT2D eigenvalue weighted by Crippen LogP contribution is 2.22. The van der Waals surface area contributed by atoms with Gasteiger partial charge in [0.05, 0.1) is 18.9 Å². The molecule has 1 unspecified atom stereocenters. The van der Waals surface area contributed by atoms with Crippen LogP contribution >= 0.6 is 27.7 Å². The number of carbonyl (C=O) groups excluding carboxylic acids is 1. The van der Waals surface area contributed by atoms with E-state index in [2.05, 4.69) is 26.1 Å². The van der Waals surface area contributed by atoms with Crippen molar-refractivity contribution in [1.29, 1.82) is 0 Å². The Balaban J connectivity index is 1.87. The van der Waals surface area contributed by atoms with Crippen LogP contribution in [0.3, 0.4) is 0 Å². The summed E-state index contributed by atoms with van der Waals surface area (Å²) in [5, 5.41) is 3.03. The third-order valence-corrected chi connectivity index (χ3v) is 5.34. The molecule has 25 heavy (non-hydrogen) atoms. The highest BCUT2D eigenvalue weighted by atomic mass is 79.9. The fourth-order valence-electron chi connectivity index (χ4n) is 2.37. The first kappa shape index (κ1) is 19.8. The Morgan fingerprint density at radius 3 is 2.36 bits per heavy atom. The SMILES string of the molecule is COc1ccc(C(CNC(=O)CSc2ccc(Br)cc2)N(C)C)cc1. The molecule has 4 nitrogen and oxygen atoms in total. The molecule has 1 N–H and O–H groups in total. The molecule has 0 heterocycles. The summed E-state index contributed by atoms with van der Waals surface area (Å²) in [6.45, 7) is 0.569. The van der Waals surface area contributed by atoms with E-state index < -0.39 is 0 Å². The molecular formula is C19H23BrN2O2S. The van der Waals surface area contributed by atoms with Crippen molar-refractivity contribution in [2.45, 2.75) is 10.9 Å². The van der Waals surface area contributed by atoms with Crippen LogP contribution in [0.15, 0.2) is 57.9 Å². The first-order valence-corrected chi connectivity index (χ1v) is 9.73. The number of benzene rings is 2. The van der Waals surface area contributed by atoms with Gasteiger partial charge in [0, 0.05) is 15.9 Å². The number of hydrogen-bond donors (Lipinski definition) is 1. The van der Waals surface area contributed by atoms with Crippen molar-refractivity contribution < 1.29 is 9.53 Å². The Labute approximate surface area is 162 Å². The Kier molecular flexibility index (Phi) is 7.81. The van der Waals surface area contributed by atoms with Crippen LogP contribution in [0, 0.1) is 0 Å². The molecule has 0 radical (unpaired) electrons. The van der Waals surface area contributed by atoms with Gasteiger partial charge < -0.3 is 15.0 Å². The lowest BCUT2D eigenvalue weighted by Gasteiger charge is -2.25. The Morgan fingerprint density at radius 1 is 1.16 bits per heavy atom. The van der Waals surface area contributed by atoms with E-state index in [1.54, 1.807) is 7.11 Å². The maximum absolute atomic E-state index is 12.2. The predicted octanol–water partition coefficient (Wildman–Crippen LogP) is 3.97. The Hall–Kier alpha value is -1.50. The van der Waals surface area contributed by atoms with Gasteiger partial charge in [0.15, 0.2) is 0 Å². The number of nitrogens with one attached hydrogen (secondary N) is 1. The topological polar surface area (TPSA) is 41.6 Å². The van der Waals surface area contributed by atoms with Crippen LogP contribution in [0.1, 0.15) is 11.6 Å². The first-order valence-electron chi connectivity index (χ1n) is 7.95. The minimum atomic E-state index is 0.0354. The Bertz CT molecular complexity index is 675. The van der Waals surface area contributed by atoms with Crippen LogP contribution in [-0.2, 0) is 4.79 Å². The van der Waals surface area contributed by atoms with Crippen LogP contribution in [-0.4, -0.2) is 44.3 Å². The number of likely N-dealkylation sites (N-methyl/N-ethyl adjacent to an activating group) is 1. The van der Waals surface area contributed by atoms with E-state index in [4.69, 9.17) is 4.74 Å². The third kappa shape index (κ3) is 6.38. The van der Waals surface area contributed by atoms with Crippen molar-refractivity contribution >= 4 is 33.6 Å². The summed E-state index contributed by atoms with van der Waals surface area (Å²) in [4.78, 5) is 15.3. The molecule has 0 saturated heterocycles. The van der Waals surface area contributed by atoms with Gasteiger partial charge in [-0.2, -0.15) is 0 Å². The molecule has 0 fully saturated rings. The van der Waals surface area contributed by atoms with Crippen LogP contribution in [0.25, 0.3) is 0 Å². The maximum atomic E-state index is 12.2. The molecule has 0 spiro atoms. The van der Waals surface area contributed by atoms with Crippen molar-refractivity contribution in [1.82, 2.24) is 10.2 Å². The number of nitrogens with zero attached hydrogens (tertiary/aromatic N) is 1. The van der Waals surface area contributed by atoms with Crippen molar-refractivity contribution in [2.24, 2.45) is 0 Å². The van der Waals surface area contributed by atoms with Gasteiger partial charge in [-0.3, -0.25) is 4.79 Å². The van der Waals surface area contributed by atoms with Crippen LogP contribution in [0.4, 0.5) is 0 Å². The second-order valence-corrected chi connectivity index (χ2v) is 7.76. The van der Waals surface area contributed by atoms with Gasteiger partial charge in [0.25, 0.3) is 0 Å². The van der Waals surface area contributed by atoms with Gasteiger partial charge in [0.1, 0.15) is 5.75 Å². The summed E-state index contributed by atoms with van der Waals surface area (Å²) < 4.78 is 6.24. The first-order chi connectivity index (χ1) is 12.0. The van der Waals surface area contributed by atoms with E-state index in [1.165, 1.54) is 11.8 Å². The summed E-state index contributed by atoms with van der Waals surface area (Å²) in [7, 11) is 5.68. The third-order valence-electron chi connectivity index (χ3n) is 3.80. The largest absolute Gasteiger partial charge is 0.497 e. The van der Waals surface area contributed by atoms with Gasteiger partial charge in [-0.25, -0.2) is 0 Å². The summed E-state index contributed by atoms with van der Waals surface area (Å²) in [6.07, 6.45) is 0. The minimum absolute atomic E-state index is 0.0354. The van der Waals surface area contributed by atoms with Gasteiger partial charge in [0.2, 0.25) is 5.91 Å². The number of hydrogen-bond acceptors (Lipinski definition) is 4. The molecule has 0 bridgehead atoms. The number of thioether (sulfide) groups is 1. The molecule has 134 valence electrons. The van der Waals surface area contributed by atoms with E-state index in [0.29, 0.717) is 12.3 Å². The van der Waals surface area contributed by atoms with E-state index in [9.17, 15) is 4.79 Å². The molecule has 2 aromatic rings. The van der Waals surface area contributed by atoms with Crippen LogP contribution in [0.5, 0.6) is 5.75 Å². The molecule has 2 rings (SSSR count). The summed E-state index contributed by atoms with van der Waals surface area (Å²) in [5.41, 5.74) is 1.15. The highest BCUT2D eigenvalue weighted by Gasteiger charge is 2.15. The smallest absolute Gasteiger partial charge is 0.230 e. The van der Waals surface area contributed by atoms with Crippen molar-refractivity contribution in [3.8, 4) is 5.75 Å². The lowest BCUT2D eigenvalue weighted by Crippen LogP contribution is -2.35. The van der Waals surface area contributed by atoms with Gasteiger partial charge >= 0.3 is 0 Å². The average Bonchev–Trinajstić information content (AvgIpc) is 2.61. The Morgan fingerprint density at radius 2 is 1.80 bits per heavy atom. The number of rotatable bonds is 8. The van der Waals surface area contributed by atoms with Crippen molar-refractivity contribution in [3.63, 3.8) is 0 Å². The van der Waals surface area contributed by atoms with E-state index in [-0.39, 0.29) is 11.9 Å². The molecule has 2 aromatic carbocycles. The molecule has 0 aliphatic carbocycles. The number of halogens is 1. The molecule has 1 atom stereocenters. The maximum Gasteiger partial charge on any atom is 0.230 e. The van der Waals surface area contributed by atoms with Crippen molar-refractivity contribution in [2.75, 3.05) is 33.5 Å². The minimum Gasteiger partial charge on any atom is -0.497 e. The van der Waals surface area contributed by atoms with Gasteiger partial charge in [-0.05, 0) is 56.1 Å². The molecular weight excluding hydrogens is 400 g/mol. The summed E-state index contributed by atoms with van der Waals surface area (Å²) in [5.74, 6) is 1.27. The van der Waals surface area contributed by atoms with Crippen LogP contribution in [0.2, 0.25) is 0 Å². The quantitative estimate of drug-likeness (QED) is 0.653. The zero-order chi connectivity index (χ0) is 18.2. The molecule has 0 aliphatic rings. The number of ether oxygens (including phenoxy) is 1. The van der Waals surface area contributed by atoms with Gasteiger partial charge in [-0.15, -0.1) is 11.8 Å². The summed E-state index contributed by atoms with van der Waals surface area (Å²) >= 11 is 4.94. The monoisotopic (exact) mass is 422 g/mol. The molecule has 0 aromatic heterocycles. The molecule has 1 amide bonds. The normalized spacial score (nSPS) is 12.0. The highest BCUT2D eigenvalue weighted by molar-refractivity contribution is 9.10. The van der Waals surface area contributed by atoms with E-state index in [1.807, 2.05) is 62.6 Å². The number of carbonyl (C=O) groups is 1. The fourth-order valence-corrected chi connectivity index (χ4v) is 3.36. The number of amides is 1. The fraction of sp³-hybridized carbons (Fsp3) is 0.316. The lowest BCUT2D eigenvalue weighted by atomic mass is 10.1. The van der Waals surface area contributed by atoms with Crippen LogP contribution < -0.4 is 10.1 Å². The predicted molar refractivity (Wildman–Crippen MR) is 107 cm³/mol. The summed E-state index contributed by atoms with van der Waals surface area (Å²) in [6, 6.07) is 16.0. The van der Waals surface area contributed by atoms with Gasteiger partial charge in [-0.1, -0.05) is 28.1 Å². The number of methoxy groups -OCH3 is 1. The lowest BCUT2D eigenvalue weighted by molar-refractivity contribution is -0.118. The zero-order valence-electron chi connectivity index (χ0n) is 14.7. The second kappa shape index (κ2) is 9.85. The zero-order valence-corrected chi connectivity index (χ0v) is 17.1. The standard InChI is InChI=1S/C19H23BrN2O2S/c1-22(2)18(14-4-8-16(24-3)9-5-14)12-21-19(23)13-25-17-10-6-15(20)7-11-17/h4-11,18H,12-13H2,1-3H3,(H,21,23). The molecule has 0 aliphatic heterocycles. The molecule has 0 saturated carbocycles. The molecule has 6 heteroatoms. The van der Waals surface area contributed by atoms with E-state index in [0.717, 1.165) is 20.7 Å².